The molecule has 0 aromatic heterocycles. The lowest BCUT2D eigenvalue weighted by atomic mass is 9.84. The van der Waals surface area contributed by atoms with Gasteiger partial charge in [0.2, 0.25) is 5.91 Å². The van der Waals surface area contributed by atoms with Gasteiger partial charge in [-0.2, -0.15) is 0 Å². The number of carbonyl (C=O) groups excluding carboxylic acids is 1. The van der Waals surface area contributed by atoms with Crippen molar-refractivity contribution in [3.63, 3.8) is 0 Å². The molecule has 4 heteroatoms. The summed E-state index contributed by atoms with van der Waals surface area (Å²) in [6.45, 7) is 4.89. The zero-order valence-electron chi connectivity index (χ0n) is 11.8. The first-order valence-electron chi connectivity index (χ1n) is 7.31. The summed E-state index contributed by atoms with van der Waals surface area (Å²) < 4.78 is 0. The van der Waals surface area contributed by atoms with E-state index < -0.39 is 0 Å². The van der Waals surface area contributed by atoms with Crippen LogP contribution in [0.2, 0.25) is 0 Å². The summed E-state index contributed by atoms with van der Waals surface area (Å²) in [4.78, 5) is 12.1. The van der Waals surface area contributed by atoms with Gasteiger partial charge >= 0.3 is 0 Å². The molecule has 3 N–H and O–H groups in total. The third-order valence-corrected chi connectivity index (χ3v) is 5.01. The van der Waals surface area contributed by atoms with Crippen LogP contribution in [0.25, 0.3) is 0 Å². The minimum absolute atomic E-state index is 0.0666. The summed E-state index contributed by atoms with van der Waals surface area (Å²) >= 11 is 1.76. The van der Waals surface area contributed by atoms with E-state index in [-0.39, 0.29) is 11.2 Å². The van der Waals surface area contributed by atoms with Crippen molar-refractivity contribution in [3.8, 4) is 0 Å². The van der Waals surface area contributed by atoms with Crippen molar-refractivity contribution in [1.29, 1.82) is 0 Å². The van der Waals surface area contributed by atoms with Gasteiger partial charge in [-0.1, -0.05) is 26.2 Å². The van der Waals surface area contributed by atoms with Crippen LogP contribution in [0.4, 0.5) is 0 Å². The second kappa shape index (κ2) is 8.81. The summed E-state index contributed by atoms with van der Waals surface area (Å²) in [5, 5.41) is 3.27. The van der Waals surface area contributed by atoms with E-state index in [1.54, 1.807) is 11.8 Å². The molecule has 1 amide bonds. The summed E-state index contributed by atoms with van der Waals surface area (Å²) in [6, 6.07) is 0.311. The first kappa shape index (κ1) is 15.8. The standard InChI is InChI=1S/C14H28N2OS/c1-3-4-9-18-11(2)14(17)16-13-8-6-5-7-12(13)10-15/h11-13H,3-10,15H2,1-2H3,(H,16,17). The fraction of sp³-hybridized carbons (Fsp3) is 0.929. The van der Waals surface area contributed by atoms with Gasteiger partial charge in [-0.3, -0.25) is 4.79 Å². The Balaban J connectivity index is 2.32. The summed E-state index contributed by atoms with van der Waals surface area (Å²) in [7, 11) is 0. The van der Waals surface area contributed by atoms with Crippen LogP contribution in [0.5, 0.6) is 0 Å². The lowest BCUT2D eigenvalue weighted by Gasteiger charge is -2.32. The van der Waals surface area contributed by atoms with Crippen molar-refractivity contribution in [2.75, 3.05) is 12.3 Å². The molecule has 0 aliphatic heterocycles. The second-order valence-electron chi connectivity index (χ2n) is 5.26. The Morgan fingerprint density at radius 2 is 2.17 bits per heavy atom. The number of carbonyl (C=O) groups is 1. The monoisotopic (exact) mass is 272 g/mol. The summed E-state index contributed by atoms with van der Waals surface area (Å²) in [6.07, 6.45) is 7.13. The van der Waals surface area contributed by atoms with Gasteiger partial charge in [-0.25, -0.2) is 0 Å². The highest BCUT2D eigenvalue weighted by atomic mass is 32.2. The van der Waals surface area contributed by atoms with Crippen LogP contribution in [0.1, 0.15) is 52.4 Å². The Bertz CT molecular complexity index is 248. The second-order valence-corrected chi connectivity index (χ2v) is 6.71. The molecule has 3 unspecified atom stereocenters. The minimum atomic E-state index is 0.0666. The average Bonchev–Trinajstić information content (AvgIpc) is 2.39. The fourth-order valence-corrected chi connectivity index (χ4v) is 3.49. The number of hydrogen-bond acceptors (Lipinski definition) is 3. The van der Waals surface area contributed by atoms with Gasteiger partial charge in [0.05, 0.1) is 5.25 Å². The fourth-order valence-electron chi connectivity index (χ4n) is 2.46. The smallest absolute Gasteiger partial charge is 0.233 e. The average molecular weight is 272 g/mol. The topological polar surface area (TPSA) is 55.1 Å². The van der Waals surface area contributed by atoms with E-state index in [1.165, 1.54) is 32.1 Å². The van der Waals surface area contributed by atoms with Gasteiger partial charge < -0.3 is 11.1 Å². The quantitative estimate of drug-likeness (QED) is 0.700. The third-order valence-electron chi connectivity index (χ3n) is 3.77. The van der Waals surface area contributed by atoms with Gasteiger partial charge in [-0.15, -0.1) is 11.8 Å². The molecule has 106 valence electrons. The minimum Gasteiger partial charge on any atom is -0.352 e. The predicted molar refractivity (Wildman–Crippen MR) is 79.8 cm³/mol. The van der Waals surface area contributed by atoms with Crippen molar-refractivity contribution in [2.24, 2.45) is 11.7 Å². The molecule has 18 heavy (non-hydrogen) atoms. The van der Waals surface area contributed by atoms with Gasteiger partial charge in [0, 0.05) is 6.04 Å². The van der Waals surface area contributed by atoms with Crippen LogP contribution in [-0.2, 0) is 4.79 Å². The van der Waals surface area contributed by atoms with E-state index in [4.69, 9.17) is 5.73 Å². The molecule has 1 fully saturated rings. The van der Waals surface area contributed by atoms with E-state index in [1.807, 2.05) is 6.92 Å². The molecule has 0 heterocycles. The molecule has 0 radical (unpaired) electrons. The maximum Gasteiger partial charge on any atom is 0.233 e. The molecule has 0 saturated heterocycles. The van der Waals surface area contributed by atoms with Crippen molar-refractivity contribution in [3.05, 3.63) is 0 Å². The zero-order valence-corrected chi connectivity index (χ0v) is 12.6. The van der Waals surface area contributed by atoms with E-state index in [0.717, 1.165) is 12.2 Å². The lowest BCUT2D eigenvalue weighted by Crippen LogP contribution is -2.47. The molecule has 1 aliphatic carbocycles. The highest BCUT2D eigenvalue weighted by molar-refractivity contribution is 8.00. The Labute approximate surface area is 116 Å². The molecule has 0 aromatic carbocycles. The van der Waals surface area contributed by atoms with Gasteiger partial charge in [0.25, 0.3) is 0 Å². The van der Waals surface area contributed by atoms with Crippen LogP contribution in [-0.4, -0.2) is 29.5 Å². The largest absolute Gasteiger partial charge is 0.352 e. The molecule has 3 nitrogen and oxygen atoms in total. The van der Waals surface area contributed by atoms with E-state index in [9.17, 15) is 4.79 Å². The number of amides is 1. The molecular weight excluding hydrogens is 244 g/mol. The SMILES string of the molecule is CCCCSC(C)C(=O)NC1CCCCC1CN. The highest BCUT2D eigenvalue weighted by Gasteiger charge is 2.26. The Hall–Kier alpha value is -0.220. The maximum atomic E-state index is 12.1. The zero-order chi connectivity index (χ0) is 13.4. The summed E-state index contributed by atoms with van der Waals surface area (Å²) in [5.74, 6) is 1.76. The Kier molecular flexibility index (Phi) is 7.75. The van der Waals surface area contributed by atoms with Gasteiger partial charge in [-0.05, 0) is 44.4 Å². The van der Waals surface area contributed by atoms with Crippen molar-refractivity contribution in [1.82, 2.24) is 5.32 Å². The van der Waals surface area contributed by atoms with E-state index in [2.05, 4.69) is 12.2 Å². The molecule has 0 spiro atoms. The van der Waals surface area contributed by atoms with Gasteiger partial charge in [0.15, 0.2) is 0 Å². The van der Waals surface area contributed by atoms with Gasteiger partial charge in [0.1, 0.15) is 0 Å². The maximum absolute atomic E-state index is 12.1. The van der Waals surface area contributed by atoms with E-state index in [0.29, 0.717) is 18.5 Å². The lowest BCUT2D eigenvalue weighted by molar-refractivity contribution is -0.121. The number of nitrogens with two attached hydrogens (primary N) is 1. The normalized spacial score (nSPS) is 25.7. The van der Waals surface area contributed by atoms with Crippen LogP contribution < -0.4 is 11.1 Å². The molecule has 1 rings (SSSR count). The Morgan fingerprint density at radius 1 is 1.44 bits per heavy atom. The molecule has 3 atom stereocenters. The van der Waals surface area contributed by atoms with Crippen molar-refractivity contribution in [2.45, 2.75) is 63.7 Å². The van der Waals surface area contributed by atoms with Crippen LogP contribution in [0.15, 0.2) is 0 Å². The number of hydrogen-bond donors (Lipinski definition) is 2. The first-order valence-corrected chi connectivity index (χ1v) is 8.36. The first-order chi connectivity index (χ1) is 8.69. The van der Waals surface area contributed by atoms with Crippen LogP contribution >= 0.6 is 11.8 Å². The van der Waals surface area contributed by atoms with Crippen LogP contribution in [0, 0.1) is 5.92 Å². The molecule has 1 aliphatic rings. The molecule has 0 bridgehead atoms. The Morgan fingerprint density at radius 3 is 2.83 bits per heavy atom. The van der Waals surface area contributed by atoms with Crippen molar-refractivity contribution >= 4 is 17.7 Å². The molecular formula is C14H28N2OS. The molecule has 1 saturated carbocycles. The number of thioether (sulfide) groups is 1. The molecule has 0 aromatic rings. The number of nitrogens with one attached hydrogen (secondary N) is 1. The highest BCUT2D eigenvalue weighted by Crippen LogP contribution is 2.24. The third kappa shape index (κ3) is 5.19. The summed E-state index contributed by atoms with van der Waals surface area (Å²) in [5.41, 5.74) is 5.79. The van der Waals surface area contributed by atoms with Crippen molar-refractivity contribution < 1.29 is 4.79 Å². The van der Waals surface area contributed by atoms with E-state index >= 15 is 0 Å². The van der Waals surface area contributed by atoms with Crippen LogP contribution in [0.3, 0.4) is 0 Å². The number of unbranched alkanes of at least 4 members (excludes halogenated alkanes) is 1. The predicted octanol–water partition coefficient (Wildman–Crippen LogP) is 2.54. The number of rotatable bonds is 7.